The topological polar surface area (TPSA) is 52.6 Å². The first-order valence-electron chi connectivity index (χ1n) is 14.1. The molecule has 4 nitrogen and oxygen atoms in total. The van der Waals surface area contributed by atoms with Gasteiger partial charge < -0.3 is 9.47 Å². The number of unbranched alkanes of at least 4 members (excludes halogenated alkanes) is 12. The summed E-state index contributed by atoms with van der Waals surface area (Å²) >= 11 is 0. The summed E-state index contributed by atoms with van der Waals surface area (Å²) in [6, 6.07) is 0. The third-order valence-electron chi connectivity index (χ3n) is 6.40. The van der Waals surface area contributed by atoms with Crippen LogP contribution in [0.1, 0.15) is 138 Å². The molecular formula is C29H56O4. The van der Waals surface area contributed by atoms with Gasteiger partial charge >= 0.3 is 11.9 Å². The lowest BCUT2D eigenvalue weighted by Crippen LogP contribution is -2.23. The summed E-state index contributed by atoms with van der Waals surface area (Å²) in [7, 11) is 0. The molecule has 0 saturated carbocycles. The van der Waals surface area contributed by atoms with E-state index in [2.05, 4.69) is 34.6 Å². The van der Waals surface area contributed by atoms with Crippen LogP contribution in [0.25, 0.3) is 0 Å². The van der Waals surface area contributed by atoms with Gasteiger partial charge in [0.2, 0.25) is 0 Å². The van der Waals surface area contributed by atoms with E-state index in [-0.39, 0.29) is 17.9 Å². The molecule has 196 valence electrons. The Labute approximate surface area is 206 Å². The third kappa shape index (κ3) is 21.2. The molecule has 0 aromatic carbocycles. The predicted molar refractivity (Wildman–Crippen MR) is 139 cm³/mol. The summed E-state index contributed by atoms with van der Waals surface area (Å²) < 4.78 is 10.6. The van der Waals surface area contributed by atoms with Crippen molar-refractivity contribution in [2.24, 2.45) is 23.7 Å². The lowest BCUT2D eigenvalue weighted by atomic mass is 9.90. The maximum Gasteiger partial charge on any atom is 0.308 e. The van der Waals surface area contributed by atoms with E-state index < -0.39 is 0 Å². The number of ether oxygens (including phenoxy) is 2. The van der Waals surface area contributed by atoms with Gasteiger partial charge in [-0.2, -0.15) is 0 Å². The van der Waals surface area contributed by atoms with Gasteiger partial charge in [0.25, 0.3) is 0 Å². The van der Waals surface area contributed by atoms with Crippen molar-refractivity contribution in [2.45, 2.75) is 138 Å². The van der Waals surface area contributed by atoms with Gasteiger partial charge in [-0.3, -0.25) is 9.59 Å². The number of carbonyl (C=O) groups excluding carboxylic acids is 2. The van der Waals surface area contributed by atoms with E-state index in [1.54, 1.807) is 0 Å². The van der Waals surface area contributed by atoms with Gasteiger partial charge in [0.1, 0.15) is 0 Å². The van der Waals surface area contributed by atoms with Crippen molar-refractivity contribution in [1.82, 2.24) is 0 Å². The summed E-state index contributed by atoms with van der Waals surface area (Å²) in [5.74, 6) is 1.18. The summed E-state index contributed by atoms with van der Waals surface area (Å²) in [4.78, 5) is 23.6. The van der Waals surface area contributed by atoms with Gasteiger partial charge in [0.15, 0.2) is 0 Å². The average molecular weight is 469 g/mol. The quantitative estimate of drug-likeness (QED) is 0.118. The number of hydrogen-bond donors (Lipinski definition) is 0. The van der Waals surface area contributed by atoms with Crippen molar-refractivity contribution >= 4 is 11.9 Å². The SMILES string of the molecule is CC(C)COC(=O)CCCCCCCCCCCCCCCC(C)C(C)C(=O)OCC(C)C. The molecule has 0 rings (SSSR count). The fourth-order valence-electron chi connectivity index (χ4n) is 3.87. The standard InChI is InChI=1S/C29H56O4/c1-24(2)22-32-28(30)21-19-17-15-13-11-9-7-8-10-12-14-16-18-20-26(5)27(6)29(31)33-23-25(3)4/h24-27H,7-23H2,1-6H3. The Hall–Kier alpha value is -1.06. The Morgan fingerprint density at radius 2 is 0.939 bits per heavy atom. The molecule has 0 aromatic heterocycles. The van der Waals surface area contributed by atoms with Gasteiger partial charge in [-0.15, -0.1) is 0 Å². The van der Waals surface area contributed by atoms with E-state index in [4.69, 9.17) is 9.47 Å². The van der Waals surface area contributed by atoms with E-state index in [1.165, 1.54) is 70.6 Å². The van der Waals surface area contributed by atoms with Crippen molar-refractivity contribution in [1.29, 1.82) is 0 Å². The van der Waals surface area contributed by atoms with Gasteiger partial charge in [0, 0.05) is 6.42 Å². The summed E-state index contributed by atoms with van der Waals surface area (Å²) in [5.41, 5.74) is 0. The molecule has 0 radical (unpaired) electrons. The van der Waals surface area contributed by atoms with Crippen LogP contribution in [-0.2, 0) is 19.1 Å². The van der Waals surface area contributed by atoms with Gasteiger partial charge in [-0.05, 0) is 30.6 Å². The Bertz CT molecular complexity index is 472. The molecule has 4 heteroatoms. The van der Waals surface area contributed by atoms with Crippen molar-refractivity contribution in [3.8, 4) is 0 Å². The third-order valence-corrected chi connectivity index (χ3v) is 6.40. The fraction of sp³-hybridized carbons (Fsp3) is 0.931. The van der Waals surface area contributed by atoms with Gasteiger partial charge in [0.05, 0.1) is 19.1 Å². The highest BCUT2D eigenvalue weighted by Gasteiger charge is 2.21. The average Bonchev–Trinajstić information content (AvgIpc) is 2.77. The van der Waals surface area contributed by atoms with Crippen molar-refractivity contribution in [3.63, 3.8) is 0 Å². The monoisotopic (exact) mass is 468 g/mol. The minimum atomic E-state index is -0.0328. The maximum absolute atomic E-state index is 12.1. The highest BCUT2D eigenvalue weighted by Crippen LogP contribution is 2.21. The van der Waals surface area contributed by atoms with Crippen LogP contribution in [0.3, 0.4) is 0 Å². The molecule has 0 aromatic rings. The van der Waals surface area contributed by atoms with Crippen LogP contribution in [0.5, 0.6) is 0 Å². The summed E-state index contributed by atoms with van der Waals surface area (Å²) in [5, 5.41) is 0. The molecule has 0 amide bonds. The van der Waals surface area contributed by atoms with E-state index in [0.717, 1.165) is 19.3 Å². The first kappa shape index (κ1) is 31.9. The molecule has 0 spiro atoms. The zero-order valence-electron chi connectivity index (χ0n) is 23.0. The largest absolute Gasteiger partial charge is 0.465 e. The Balaban J connectivity index is 3.38. The van der Waals surface area contributed by atoms with Crippen molar-refractivity contribution in [3.05, 3.63) is 0 Å². The highest BCUT2D eigenvalue weighted by atomic mass is 16.5. The molecule has 2 atom stereocenters. The molecule has 0 saturated heterocycles. The lowest BCUT2D eigenvalue weighted by molar-refractivity contribution is -0.150. The minimum absolute atomic E-state index is 0.00923. The van der Waals surface area contributed by atoms with Gasteiger partial charge in [-0.1, -0.05) is 119 Å². The van der Waals surface area contributed by atoms with Gasteiger partial charge in [-0.25, -0.2) is 0 Å². The zero-order chi connectivity index (χ0) is 24.9. The van der Waals surface area contributed by atoms with Crippen molar-refractivity contribution < 1.29 is 19.1 Å². The van der Waals surface area contributed by atoms with Crippen LogP contribution in [0, 0.1) is 23.7 Å². The smallest absolute Gasteiger partial charge is 0.308 e. The van der Waals surface area contributed by atoms with E-state index in [1.807, 2.05) is 6.92 Å². The molecule has 0 bridgehead atoms. The van der Waals surface area contributed by atoms with E-state index in [9.17, 15) is 9.59 Å². The Morgan fingerprint density at radius 1 is 0.545 bits per heavy atom. The fourth-order valence-corrected chi connectivity index (χ4v) is 3.87. The van der Waals surface area contributed by atoms with Crippen LogP contribution < -0.4 is 0 Å². The molecular weight excluding hydrogens is 412 g/mol. The van der Waals surface area contributed by atoms with Crippen LogP contribution in [-0.4, -0.2) is 25.2 Å². The summed E-state index contributed by atoms with van der Waals surface area (Å²) in [6.45, 7) is 13.5. The minimum Gasteiger partial charge on any atom is -0.465 e. The van der Waals surface area contributed by atoms with E-state index >= 15 is 0 Å². The molecule has 0 aliphatic rings. The molecule has 0 heterocycles. The first-order valence-corrected chi connectivity index (χ1v) is 14.1. The molecule has 0 aliphatic carbocycles. The molecule has 0 aliphatic heterocycles. The maximum atomic E-state index is 12.1. The normalized spacial score (nSPS) is 13.3. The summed E-state index contributed by atoms with van der Waals surface area (Å²) in [6.07, 6.45) is 18.3. The molecule has 0 fully saturated rings. The van der Waals surface area contributed by atoms with Crippen molar-refractivity contribution in [2.75, 3.05) is 13.2 Å². The lowest BCUT2D eigenvalue weighted by Gasteiger charge is -2.19. The number of esters is 2. The Morgan fingerprint density at radius 3 is 1.39 bits per heavy atom. The molecule has 0 N–H and O–H groups in total. The van der Waals surface area contributed by atoms with E-state index in [0.29, 0.717) is 37.4 Å². The molecule has 33 heavy (non-hydrogen) atoms. The highest BCUT2D eigenvalue weighted by molar-refractivity contribution is 5.72. The van der Waals surface area contributed by atoms with Crippen LogP contribution in [0.15, 0.2) is 0 Å². The number of carbonyl (C=O) groups is 2. The zero-order valence-corrected chi connectivity index (χ0v) is 23.0. The van der Waals surface area contributed by atoms with Crippen LogP contribution >= 0.6 is 0 Å². The first-order chi connectivity index (χ1) is 15.7. The number of hydrogen-bond acceptors (Lipinski definition) is 4. The Kier molecular flexibility index (Phi) is 20.8. The molecule has 2 unspecified atom stereocenters. The van der Waals surface area contributed by atoms with Crippen LogP contribution in [0.4, 0.5) is 0 Å². The second kappa shape index (κ2) is 21.5. The van der Waals surface area contributed by atoms with Crippen LogP contribution in [0.2, 0.25) is 0 Å². The number of rotatable bonds is 22. The second-order valence-corrected chi connectivity index (χ2v) is 11.0. The second-order valence-electron chi connectivity index (χ2n) is 11.0. The predicted octanol–water partition coefficient (Wildman–Crippen LogP) is 8.51.